The third-order valence-corrected chi connectivity index (χ3v) is 2.66. The Bertz CT molecular complexity index is 196. The van der Waals surface area contributed by atoms with E-state index in [0.29, 0.717) is 13.2 Å². The van der Waals surface area contributed by atoms with Crippen molar-refractivity contribution in [2.24, 2.45) is 5.92 Å². The molecule has 1 aliphatic rings. The van der Waals surface area contributed by atoms with E-state index in [9.17, 15) is 13.2 Å². The summed E-state index contributed by atoms with van der Waals surface area (Å²) in [5.41, 5.74) is 0. The van der Waals surface area contributed by atoms with Crippen molar-refractivity contribution in [3.63, 3.8) is 0 Å². The summed E-state index contributed by atoms with van der Waals surface area (Å²) in [5, 5.41) is 11.3. The zero-order valence-electron chi connectivity index (χ0n) is 8.55. The normalized spacial score (nSPS) is 29.4. The maximum absolute atomic E-state index is 11.9. The predicted octanol–water partition coefficient (Wildman–Crippen LogP) is 0.924. The first-order chi connectivity index (χ1) is 6.91. The largest absolute Gasteiger partial charge is 0.415 e. The van der Waals surface area contributed by atoms with Crippen molar-refractivity contribution in [1.82, 2.24) is 5.32 Å². The van der Waals surface area contributed by atoms with Crippen molar-refractivity contribution in [1.29, 1.82) is 0 Å². The van der Waals surface area contributed by atoms with Gasteiger partial charge in [-0.2, -0.15) is 13.2 Å². The molecule has 0 amide bonds. The number of aliphatic hydroxyl groups is 1. The van der Waals surface area contributed by atoms with E-state index in [2.05, 4.69) is 5.32 Å². The summed E-state index contributed by atoms with van der Waals surface area (Å²) in [6.45, 7) is 2.57. The van der Waals surface area contributed by atoms with E-state index in [-0.39, 0.29) is 12.0 Å². The van der Waals surface area contributed by atoms with E-state index < -0.39 is 18.8 Å². The highest BCUT2D eigenvalue weighted by atomic mass is 19.4. The zero-order chi connectivity index (χ0) is 11.5. The van der Waals surface area contributed by atoms with Crippen molar-refractivity contribution >= 4 is 0 Å². The molecule has 1 heterocycles. The average Bonchev–Trinajstić information content (AvgIpc) is 2.50. The lowest BCUT2D eigenvalue weighted by atomic mass is 10.0. The van der Waals surface area contributed by atoms with Gasteiger partial charge in [-0.3, -0.25) is 0 Å². The first-order valence-corrected chi connectivity index (χ1v) is 4.98. The summed E-state index contributed by atoms with van der Waals surface area (Å²) in [4.78, 5) is 0. The van der Waals surface area contributed by atoms with Gasteiger partial charge in [0.05, 0.1) is 6.10 Å². The average molecular weight is 227 g/mol. The third kappa shape index (κ3) is 3.96. The molecule has 1 aliphatic heterocycles. The monoisotopic (exact) mass is 227 g/mol. The standard InChI is InChI=1S/C9H16F3NO2/c1-6-7(2-3-15-6)4-13-5-8(14)9(10,11)12/h6-8,13-14H,2-5H2,1H3. The number of rotatable bonds is 4. The molecule has 0 aromatic heterocycles. The molecule has 6 heteroatoms. The fourth-order valence-corrected chi connectivity index (χ4v) is 1.57. The fraction of sp³-hybridized carbons (Fsp3) is 1.00. The minimum atomic E-state index is -4.54. The Morgan fingerprint density at radius 3 is 2.67 bits per heavy atom. The van der Waals surface area contributed by atoms with Gasteiger partial charge in [-0.25, -0.2) is 0 Å². The van der Waals surface area contributed by atoms with Gasteiger partial charge >= 0.3 is 6.18 Å². The molecule has 1 saturated heterocycles. The molecule has 3 nitrogen and oxygen atoms in total. The van der Waals surface area contributed by atoms with E-state index in [0.717, 1.165) is 6.42 Å². The highest BCUT2D eigenvalue weighted by Crippen LogP contribution is 2.21. The minimum absolute atomic E-state index is 0.0838. The molecule has 1 fully saturated rings. The number of ether oxygens (including phenoxy) is 1. The van der Waals surface area contributed by atoms with Gasteiger partial charge in [-0.1, -0.05) is 0 Å². The fourth-order valence-electron chi connectivity index (χ4n) is 1.57. The molecule has 2 N–H and O–H groups in total. The van der Waals surface area contributed by atoms with Crippen LogP contribution in [0.25, 0.3) is 0 Å². The first kappa shape index (κ1) is 12.7. The molecule has 0 aromatic carbocycles. The van der Waals surface area contributed by atoms with Crippen LogP contribution in [0, 0.1) is 5.92 Å². The molecule has 15 heavy (non-hydrogen) atoms. The number of aliphatic hydroxyl groups excluding tert-OH is 1. The molecule has 0 bridgehead atoms. The summed E-state index contributed by atoms with van der Waals surface area (Å²) < 4.78 is 41.0. The lowest BCUT2D eigenvalue weighted by Crippen LogP contribution is -2.40. The molecule has 3 atom stereocenters. The molecule has 90 valence electrons. The van der Waals surface area contributed by atoms with Crippen LogP contribution in [0.3, 0.4) is 0 Å². The molecular weight excluding hydrogens is 211 g/mol. The Hall–Kier alpha value is -0.330. The van der Waals surface area contributed by atoms with E-state index in [4.69, 9.17) is 9.84 Å². The number of nitrogens with one attached hydrogen (secondary N) is 1. The van der Waals surface area contributed by atoms with Crippen LogP contribution in [-0.4, -0.2) is 43.2 Å². The van der Waals surface area contributed by atoms with Crippen molar-refractivity contribution < 1.29 is 23.0 Å². The Balaban J connectivity index is 2.16. The Morgan fingerprint density at radius 2 is 2.20 bits per heavy atom. The summed E-state index contributed by atoms with van der Waals surface area (Å²) in [5.74, 6) is 0.241. The molecule has 1 rings (SSSR count). The SMILES string of the molecule is CC1OCCC1CNCC(O)C(F)(F)F. The zero-order valence-corrected chi connectivity index (χ0v) is 8.55. The van der Waals surface area contributed by atoms with E-state index >= 15 is 0 Å². The van der Waals surface area contributed by atoms with Gasteiger partial charge in [0.2, 0.25) is 0 Å². The predicted molar refractivity (Wildman–Crippen MR) is 48.5 cm³/mol. The van der Waals surface area contributed by atoms with Crippen LogP contribution in [0.2, 0.25) is 0 Å². The van der Waals surface area contributed by atoms with Gasteiger partial charge in [0, 0.05) is 19.7 Å². The number of halogens is 3. The Morgan fingerprint density at radius 1 is 1.53 bits per heavy atom. The van der Waals surface area contributed by atoms with Crippen LogP contribution in [0.15, 0.2) is 0 Å². The summed E-state index contributed by atoms with van der Waals surface area (Å²) in [7, 11) is 0. The summed E-state index contributed by atoms with van der Waals surface area (Å²) >= 11 is 0. The van der Waals surface area contributed by atoms with E-state index in [1.165, 1.54) is 0 Å². The molecule has 0 aliphatic carbocycles. The Kier molecular flexibility index (Phi) is 4.36. The molecular formula is C9H16F3NO2. The summed E-state index contributed by atoms with van der Waals surface area (Å²) in [6, 6.07) is 0. The maximum atomic E-state index is 11.9. The van der Waals surface area contributed by atoms with E-state index in [1.54, 1.807) is 0 Å². The quantitative estimate of drug-likeness (QED) is 0.750. The number of hydrogen-bond acceptors (Lipinski definition) is 3. The van der Waals surface area contributed by atoms with Crippen molar-refractivity contribution in [3.05, 3.63) is 0 Å². The second-order valence-electron chi connectivity index (χ2n) is 3.84. The summed E-state index contributed by atoms with van der Waals surface area (Å²) in [6.07, 6.45) is -5.88. The number of alkyl halides is 3. The smallest absolute Gasteiger partial charge is 0.382 e. The lowest BCUT2D eigenvalue weighted by molar-refractivity contribution is -0.201. The molecule has 0 saturated carbocycles. The van der Waals surface area contributed by atoms with Crippen LogP contribution in [0.1, 0.15) is 13.3 Å². The maximum Gasteiger partial charge on any atom is 0.415 e. The van der Waals surface area contributed by atoms with Gasteiger partial charge in [-0.15, -0.1) is 0 Å². The highest BCUT2D eigenvalue weighted by Gasteiger charge is 2.37. The lowest BCUT2D eigenvalue weighted by Gasteiger charge is -2.18. The van der Waals surface area contributed by atoms with Crippen LogP contribution in [-0.2, 0) is 4.74 Å². The van der Waals surface area contributed by atoms with Gasteiger partial charge < -0.3 is 15.2 Å². The second-order valence-corrected chi connectivity index (χ2v) is 3.84. The van der Waals surface area contributed by atoms with Crippen LogP contribution >= 0.6 is 0 Å². The highest BCUT2D eigenvalue weighted by molar-refractivity contribution is 4.76. The van der Waals surface area contributed by atoms with Crippen molar-refractivity contribution in [2.75, 3.05) is 19.7 Å². The Labute approximate surface area is 86.6 Å². The molecule has 0 radical (unpaired) electrons. The minimum Gasteiger partial charge on any atom is -0.382 e. The van der Waals surface area contributed by atoms with Gasteiger partial charge in [-0.05, 0) is 19.3 Å². The van der Waals surface area contributed by atoms with Crippen molar-refractivity contribution in [2.45, 2.75) is 31.7 Å². The first-order valence-electron chi connectivity index (χ1n) is 4.98. The molecule has 0 spiro atoms. The molecule has 3 unspecified atom stereocenters. The van der Waals surface area contributed by atoms with E-state index in [1.807, 2.05) is 6.92 Å². The van der Waals surface area contributed by atoms with Crippen LogP contribution < -0.4 is 5.32 Å². The van der Waals surface area contributed by atoms with Gasteiger partial charge in [0.1, 0.15) is 0 Å². The van der Waals surface area contributed by atoms with Gasteiger partial charge in [0.25, 0.3) is 0 Å². The number of hydrogen-bond donors (Lipinski definition) is 2. The second kappa shape index (κ2) is 5.14. The molecule has 0 aromatic rings. The van der Waals surface area contributed by atoms with Crippen molar-refractivity contribution in [3.8, 4) is 0 Å². The van der Waals surface area contributed by atoms with Gasteiger partial charge in [0.15, 0.2) is 6.10 Å². The van der Waals surface area contributed by atoms with Crippen LogP contribution in [0.4, 0.5) is 13.2 Å². The van der Waals surface area contributed by atoms with Crippen LogP contribution in [0.5, 0.6) is 0 Å². The topological polar surface area (TPSA) is 41.5 Å². The third-order valence-electron chi connectivity index (χ3n) is 2.66.